The molecular formula is C27H18N2O2S. The molecule has 0 saturated carbocycles. The molecule has 5 aromatic rings. The third kappa shape index (κ3) is 2.82. The molecule has 0 atom stereocenters. The molecule has 0 saturated heterocycles. The Bertz CT molecular complexity index is 1560. The van der Waals surface area contributed by atoms with Crippen molar-refractivity contribution in [2.45, 2.75) is 6.54 Å². The second kappa shape index (κ2) is 7.32. The summed E-state index contributed by atoms with van der Waals surface area (Å²) in [5.74, 6) is 0.626. The van der Waals surface area contributed by atoms with Crippen molar-refractivity contribution in [2.75, 3.05) is 0 Å². The van der Waals surface area contributed by atoms with Crippen molar-refractivity contribution in [3.05, 3.63) is 123 Å². The highest BCUT2D eigenvalue weighted by molar-refractivity contribution is 7.17. The first kappa shape index (κ1) is 18.8. The molecule has 154 valence electrons. The average molecular weight is 435 g/mol. The van der Waals surface area contributed by atoms with Gasteiger partial charge in [-0.05, 0) is 16.7 Å². The highest BCUT2D eigenvalue weighted by Gasteiger charge is 2.28. The van der Waals surface area contributed by atoms with Gasteiger partial charge in [-0.2, -0.15) is 4.98 Å². The second-order valence-electron chi connectivity index (χ2n) is 7.77. The number of aliphatic hydroxyl groups is 1. The quantitative estimate of drug-likeness (QED) is 0.342. The van der Waals surface area contributed by atoms with Crippen molar-refractivity contribution in [3.63, 3.8) is 0 Å². The molecule has 1 aliphatic rings. The Balaban J connectivity index is 1.68. The van der Waals surface area contributed by atoms with E-state index in [9.17, 15) is 9.90 Å². The zero-order valence-corrected chi connectivity index (χ0v) is 17.8. The molecule has 1 aliphatic heterocycles. The molecule has 0 aliphatic carbocycles. The van der Waals surface area contributed by atoms with Crippen LogP contribution in [0.3, 0.4) is 0 Å². The lowest BCUT2D eigenvalue weighted by molar-refractivity contribution is 0.512. The maximum absolute atomic E-state index is 13.3. The van der Waals surface area contributed by atoms with E-state index >= 15 is 0 Å². The van der Waals surface area contributed by atoms with Crippen molar-refractivity contribution in [1.29, 1.82) is 0 Å². The van der Waals surface area contributed by atoms with Crippen LogP contribution in [-0.2, 0) is 6.54 Å². The number of aromatic nitrogens is 2. The molecule has 6 rings (SSSR count). The van der Waals surface area contributed by atoms with E-state index in [1.807, 2.05) is 84.2 Å². The predicted molar refractivity (Wildman–Crippen MR) is 130 cm³/mol. The molecule has 1 N–H and O–H groups in total. The fourth-order valence-corrected chi connectivity index (χ4v) is 5.47. The number of fused-ring (bicyclic) bond motifs is 4. The van der Waals surface area contributed by atoms with Gasteiger partial charge in [-0.25, -0.2) is 0 Å². The van der Waals surface area contributed by atoms with Crippen molar-refractivity contribution < 1.29 is 5.11 Å². The van der Waals surface area contributed by atoms with Crippen LogP contribution in [-0.4, -0.2) is 14.7 Å². The van der Waals surface area contributed by atoms with E-state index in [4.69, 9.17) is 0 Å². The summed E-state index contributed by atoms with van der Waals surface area (Å²) in [6.45, 7) is 0.593. The fraction of sp³-hybridized carbons (Fsp3) is 0.0370. The van der Waals surface area contributed by atoms with Crippen molar-refractivity contribution in [3.8, 4) is 11.1 Å². The van der Waals surface area contributed by atoms with Gasteiger partial charge in [-0.1, -0.05) is 84.9 Å². The van der Waals surface area contributed by atoms with Gasteiger partial charge in [0.15, 0.2) is 0 Å². The molecule has 3 aromatic carbocycles. The molecule has 0 spiro atoms. The highest BCUT2D eigenvalue weighted by atomic mass is 32.1. The zero-order valence-electron chi connectivity index (χ0n) is 17.0. The summed E-state index contributed by atoms with van der Waals surface area (Å²) in [5.41, 5.74) is 4.89. The van der Waals surface area contributed by atoms with Crippen LogP contribution in [0.1, 0.15) is 22.5 Å². The number of thiophene rings is 1. The SMILES string of the molecule is O=c1nc2n(c3scc(-c4ccccc4)c13)Cc1ccccc1/C2=C(\O)c1ccccc1. The summed E-state index contributed by atoms with van der Waals surface area (Å²) in [5, 5.41) is 14.0. The Morgan fingerprint density at radius 1 is 0.875 bits per heavy atom. The molecule has 0 bridgehead atoms. The topological polar surface area (TPSA) is 55.1 Å². The lowest BCUT2D eigenvalue weighted by atomic mass is 9.92. The van der Waals surface area contributed by atoms with E-state index < -0.39 is 0 Å². The van der Waals surface area contributed by atoms with Gasteiger partial charge in [0.1, 0.15) is 16.4 Å². The molecule has 2 aromatic heterocycles. The normalized spacial score (nSPS) is 14.1. The molecule has 3 heterocycles. The summed E-state index contributed by atoms with van der Waals surface area (Å²) in [6, 6.07) is 27.3. The molecule has 5 heteroatoms. The molecular weight excluding hydrogens is 416 g/mol. The minimum Gasteiger partial charge on any atom is -0.507 e. The van der Waals surface area contributed by atoms with Crippen LogP contribution in [0.15, 0.2) is 95.1 Å². The molecule has 0 radical (unpaired) electrons. The van der Waals surface area contributed by atoms with E-state index in [-0.39, 0.29) is 11.3 Å². The van der Waals surface area contributed by atoms with Gasteiger partial charge in [-0.15, -0.1) is 11.3 Å². The highest BCUT2D eigenvalue weighted by Crippen LogP contribution is 2.39. The zero-order chi connectivity index (χ0) is 21.7. The van der Waals surface area contributed by atoms with Gasteiger partial charge in [0, 0.05) is 16.5 Å². The summed E-state index contributed by atoms with van der Waals surface area (Å²) in [6.07, 6.45) is 0. The summed E-state index contributed by atoms with van der Waals surface area (Å²) < 4.78 is 2.06. The third-order valence-corrected chi connectivity index (χ3v) is 6.90. The van der Waals surface area contributed by atoms with Crippen molar-refractivity contribution >= 4 is 32.9 Å². The Kier molecular flexibility index (Phi) is 4.30. The van der Waals surface area contributed by atoms with Gasteiger partial charge in [0.05, 0.1) is 17.5 Å². The molecule has 4 nitrogen and oxygen atoms in total. The van der Waals surface area contributed by atoms with E-state index in [0.717, 1.165) is 27.1 Å². The van der Waals surface area contributed by atoms with Gasteiger partial charge >= 0.3 is 0 Å². The van der Waals surface area contributed by atoms with Crippen molar-refractivity contribution in [2.24, 2.45) is 0 Å². The van der Waals surface area contributed by atoms with Crippen LogP contribution < -0.4 is 5.56 Å². The first-order valence-electron chi connectivity index (χ1n) is 10.4. The number of nitrogens with zero attached hydrogens (tertiary/aromatic N) is 2. The number of benzene rings is 3. The lowest BCUT2D eigenvalue weighted by Gasteiger charge is -2.25. The van der Waals surface area contributed by atoms with E-state index in [1.54, 1.807) is 11.3 Å². The van der Waals surface area contributed by atoms with E-state index in [0.29, 0.717) is 28.9 Å². The third-order valence-electron chi connectivity index (χ3n) is 5.90. The Morgan fingerprint density at radius 3 is 2.34 bits per heavy atom. The first-order chi connectivity index (χ1) is 15.7. The number of rotatable bonds is 2. The lowest BCUT2D eigenvalue weighted by Crippen LogP contribution is -2.23. The Morgan fingerprint density at radius 2 is 1.56 bits per heavy atom. The average Bonchev–Trinajstić information content (AvgIpc) is 3.30. The standard InChI is InChI=1S/C27H18N2O2S/c30-24(18-11-5-2-6-12-18)22-20-14-8-7-13-19(20)15-29-25(22)28-26(31)23-21(16-32-27(23)29)17-9-3-1-4-10-17/h1-14,16,30H,15H2/b24-22+. The number of aliphatic hydroxyl groups excluding tert-OH is 1. The Labute approximate surface area is 188 Å². The largest absolute Gasteiger partial charge is 0.507 e. The van der Waals surface area contributed by atoms with Crippen LogP contribution in [0.4, 0.5) is 0 Å². The van der Waals surface area contributed by atoms with Crippen LogP contribution >= 0.6 is 11.3 Å². The smallest absolute Gasteiger partial charge is 0.282 e. The number of hydrogen-bond acceptors (Lipinski definition) is 4. The van der Waals surface area contributed by atoms with Crippen LogP contribution in [0.5, 0.6) is 0 Å². The molecule has 32 heavy (non-hydrogen) atoms. The molecule has 0 unspecified atom stereocenters. The first-order valence-corrected chi connectivity index (χ1v) is 11.2. The fourth-order valence-electron chi connectivity index (χ4n) is 4.40. The number of hydrogen-bond donors (Lipinski definition) is 1. The second-order valence-corrected chi connectivity index (χ2v) is 8.63. The van der Waals surface area contributed by atoms with Crippen molar-refractivity contribution in [1.82, 2.24) is 9.55 Å². The van der Waals surface area contributed by atoms with Gasteiger partial charge in [-0.3, -0.25) is 4.79 Å². The Hall–Kier alpha value is -3.96. The summed E-state index contributed by atoms with van der Waals surface area (Å²) >= 11 is 1.54. The maximum atomic E-state index is 13.3. The van der Waals surface area contributed by atoms with E-state index in [1.165, 1.54) is 0 Å². The van der Waals surface area contributed by atoms with Gasteiger partial charge in [0.2, 0.25) is 0 Å². The van der Waals surface area contributed by atoms with Crippen LogP contribution in [0.25, 0.3) is 32.7 Å². The predicted octanol–water partition coefficient (Wildman–Crippen LogP) is 5.96. The summed E-state index contributed by atoms with van der Waals surface area (Å²) in [7, 11) is 0. The van der Waals surface area contributed by atoms with E-state index in [2.05, 4.69) is 15.6 Å². The molecule has 0 amide bonds. The monoisotopic (exact) mass is 434 g/mol. The summed E-state index contributed by atoms with van der Waals surface area (Å²) in [4.78, 5) is 18.7. The van der Waals surface area contributed by atoms with Gasteiger partial charge < -0.3 is 9.67 Å². The maximum Gasteiger partial charge on any atom is 0.282 e. The minimum atomic E-state index is -0.274. The van der Waals surface area contributed by atoms with Crippen LogP contribution in [0, 0.1) is 0 Å². The van der Waals surface area contributed by atoms with Crippen LogP contribution in [0.2, 0.25) is 0 Å². The van der Waals surface area contributed by atoms with Gasteiger partial charge in [0.25, 0.3) is 5.56 Å². The molecule has 0 fully saturated rings. The minimum absolute atomic E-state index is 0.123.